The zero-order chi connectivity index (χ0) is 27.6. The van der Waals surface area contributed by atoms with Crippen LogP contribution in [-0.4, -0.2) is 6.54 Å². The second-order valence-electron chi connectivity index (χ2n) is 10.6. The molecule has 0 amide bonds. The Labute approximate surface area is 241 Å². The summed E-state index contributed by atoms with van der Waals surface area (Å²) in [5, 5.41) is 14.7. The van der Waals surface area contributed by atoms with Crippen LogP contribution >= 0.6 is 0 Å². The molecule has 0 fully saturated rings. The van der Waals surface area contributed by atoms with Gasteiger partial charge in [0.05, 0.1) is 11.4 Å². The molecule has 0 atom stereocenters. The van der Waals surface area contributed by atoms with Crippen molar-refractivity contribution >= 4 is 49.4 Å². The maximum atomic E-state index is 3.62. The summed E-state index contributed by atoms with van der Waals surface area (Å²) in [4.78, 5) is 0. The third-order valence-corrected chi connectivity index (χ3v) is 7.91. The minimum Gasteiger partial charge on any atom is -0.383 e. The molecule has 0 radical (unpaired) electrons. The first-order valence-electron chi connectivity index (χ1n) is 14.4. The van der Waals surface area contributed by atoms with Gasteiger partial charge in [0.1, 0.15) is 0 Å². The summed E-state index contributed by atoms with van der Waals surface area (Å²) in [5.41, 5.74) is 8.31. The van der Waals surface area contributed by atoms with E-state index in [1.165, 1.54) is 54.6 Å². The van der Waals surface area contributed by atoms with Gasteiger partial charge < -0.3 is 10.6 Å². The number of hydrogen-bond acceptors (Lipinski definition) is 2. The van der Waals surface area contributed by atoms with Crippen molar-refractivity contribution in [2.75, 3.05) is 17.2 Å². The highest BCUT2D eigenvalue weighted by molar-refractivity contribution is 6.21. The van der Waals surface area contributed by atoms with E-state index < -0.39 is 0 Å². The molecule has 0 saturated carbocycles. The van der Waals surface area contributed by atoms with Gasteiger partial charge in [0.15, 0.2) is 0 Å². The fourth-order valence-corrected chi connectivity index (χ4v) is 5.98. The van der Waals surface area contributed by atoms with Crippen LogP contribution in [0, 0.1) is 0 Å². The molecule has 2 N–H and O–H groups in total. The Hall–Kier alpha value is -5.08. The lowest BCUT2D eigenvalue weighted by Gasteiger charge is -2.18. The van der Waals surface area contributed by atoms with Gasteiger partial charge in [0, 0.05) is 12.2 Å². The predicted octanol–water partition coefficient (Wildman–Crippen LogP) is 11.0. The molecular formula is C39H32N2. The summed E-state index contributed by atoms with van der Waals surface area (Å²) in [6.45, 7) is 3.14. The second-order valence-corrected chi connectivity index (χ2v) is 10.6. The van der Waals surface area contributed by atoms with Gasteiger partial charge in [-0.2, -0.15) is 0 Å². The largest absolute Gasteiger partial charge is 0.383 e. The van der Waals surface area contributed by atoms with E-state index in [1.54, 1.807) is 0 Å². The van der Waals surface area contributed by atoms with Crippen molar-refractivity contribution < 1.29 is 0 Å². The van der Waals surface area contributed by atoms with Crippen LogP contribution in [-0.2, 0) is 0 Å². The number of rotatable bonds is 7. The van der Waals surface area contributed by atoms with Crippen LogP contribution in [0.2, 0.25) is 0 Å². The van der Waals surface area contributed by atoms with Crippen molar-refractivity contribution in [3.05, 3.63) is 140 Å². The van der Waals surface area contributed by atoms with Gasteiger partial charge in [-0.15, -0.1) is 0 Å². The molecule has 198 valence electrons. The topological polar surface area (TPSA) is 24.1 Å². The molecule has 41 heavy (non-hydrogen) atoms. The standard InChI is InChI=1S/C39H32N2/c1-2-25-40-36-17-9-10-18-37(36)41-31-23-21-28(22-24-31)38-32-13-5-7-15-34(32)39(35-16-8-6-14-33(35)38)30-20-19-27-11-3-4-12-29(27)26-30/h3-24,26,40-41H,2,25H2,1H3. The number of nitrogens with one attached hydrogen (secondary N) is 2. The summed E-state index contributed by atoms with van der Waals surface area (Å²) in [6, 6.07) is 50.4. The van der Waals surface area contributed by atoms with Gasteiger partial charge in [-0.05, 0) is 91.3 Å². The van der Waals surface area contributed by atoms with Gasteiger partial charge in [-0.1, -0.05) is 116 Å². The lowest BCUT2D eigenvalue weighted by Crippen LogP contribution is -2.02. The van der Waals surface area contributed by atoms with E-state index in [9.17, 15) is 0 Å². The van der Waals surface area contributed by atoms with Crippen LogP contribution < -0.4 is 10.6 Å². The Bertz CT molecular complexity index is 1950. The molecule has 0 heterocycles. The molecule has 7 aromatic rings. The quantitative estimate of drug-likeness (QED) is 0.201. The highest BCUT2D eigenvalue weighted by atomic mass is 15.0. The molecule has 0 aliphatic rings. The fraction of sp³-hybridized carbons (Fsp3) is 0.0769. The Morgan fingerprint density at radius 3 is 1.61 bits per heavy atom. The minimum absolute atomic E-state index is 0.951. The SMILES string of the molecule is CCCNc1ccccc1Nc1ccc(-c2c3ccccc3c(-c3ccc4ccccc4c3)c3ccccc23)cc1. The Morgan fingerprint density at radius 1 is 0.463 bits per heavy atom. The molecular weight excluding hydrogens is 496 g/mol. The lowest BCUT2D eigenvalue weighted by molar-refractivity contribution is 0.980. The van der Waals surface area contributed by atoms with Crippen molar-refractivity contribution in [2.45, 2.75) is 13.3 Å². The average molecular weight is 529 g/mol. The smallest absolute Gasteiger partial charge is 0.0620 e. The highest BCUT2D eigenvalue weighted by Crippen LogP contribution is 2.44. The molecule has 7 aromatic carbocycles. The molecule has 0 aromatic heterocycles. The fourth-order valence-electron chi connectivity index (χ4n) is 5.98. The van der Waals surface area contributed by atoms with Crippen LogP contribution in [0.1, 0.15) is 13.3 Å². The first kappa shape index (κ1) is 24.9. The van der Waals surface area contributed by atoms with Gasteiger partial charge in [0.2, 0.25) is 0 Å². The molecule has 0 spiro atoms. The van der Waals surface area contributed by atoms with E-state index in [0.29, 0.717) is 0 Å². The van der Waals surface area contributed by atoms with Gasteiger partial charge in [0.25, 0.3) is 0 Å². The number of benzene rings is 7. The van der Waals surface area contributed by atoms with Crippen LogP contribution in [0.4, 0.5) is 17.1 Å². The van der Waals surface area contributed by atoms with E-state index in [1.807, 2.05) is 0 Å². The molecule has 0 aliphatic carbocycles. The van der Waals surface area contributed by atoms with E-state index in [2.05, 4.69) is 157 Å². The van der Waals surface area contributed by atoms with Crippen molar-refractivity contribution in [3.63, 3.8) is 0 Å². The number of anilines is 3. The Morgan fingerprint density at radius 2 is 0.976 bits per heavy atom. The summed E-state index contributed by atoms with van der Waals surface area (Å²) < 4.78 is 0. The van der Waals surface area contributed by atoms with Crippen LogP contribution in [0.3, 0.4) is 0 Å². The molecule has 0 aliphatic heterocycles. The molecule has 2 heteroatoms. The zero-order valence-corrected chi connectivity index (χ0v) is 23.2. The maximum absolute atomic E-state index is 3.62. The molecule has 0 unspecified atom stereocenters. The Kier molecular flexibility index (Phi) is 6.58. The third-order valence-electron chi connectivity index (χ3n) is 7.91. The summed E-state index contributed by atoms with van der Waals surface area (Å²) in [6.07, 6.45) is 1.09. The normalized spacial score (nSPS) is 11.2. The highest BCUT2D eigenvalue weighted by Gasteiger charge is 2.16. The van der Waals surface area contributed by atoms with E-state index >= 15 is 0 Å². The minimum atomic E-state index is 0.951. The predicted molar refractivity (Wildman–Crippen MR) is 178 cm³/mol. The van der Waals surface area contributed by atoms with E-state index in [0.717, 1.165) is 30.0 Å². The molecule has 0 saturated heterocycles. The monoisotopic (exact) mass is 528 g/mol. The third kappa shape index (κ3) is 4.68. The van der Waals surface area contributed by atoms with Crippen molar-refractivity contribution in [1.82, 2.24) is 0 Å². The molecule has 2 nitrogen and oxygen atoms in total. The first-order chi connectivity index (χ1) is 20.3. The summed E-state index contributed by atoms with van der Waals surface area (Å²) >= 11 is 0. The Balaban J connectivity index is 1.36. The summed E-state index contributed by atoms with van der Waals surface area (Å²) in [7, 11) is 0. The lowest BCUT2D eigenvalue weighted by atomic mass is 9.85. The van der Waals surface area contributed by atoms with Gasteiger partial charge in [-0.25, -0.2) is 0 Å². The van der Waals surface area contributed by atoms with Crippen molar-refractivity contribution in [1.29, 1.82) is 0 Å². The number of hydrogen-bond donors (Lipinski definition) is 2. The van der Waals surface area contributed by atoms with Crippen LogP contribution in [0.5, 0.6) is 0 Å². The molecule has 0 bridgehead atoms. The average Bonchev–Trinajstić information content (AvgIpc) is 3.03. The van der Waals surface area contributed by atoms with Gasteiger partial charge >= 0.3 is 0 Å². The van der Waals surface area contributed by atoms with Crippen molar-refractivity contribution in [3.8, 4) is 22.3 Å². The molecule has 7 rings (SSSR count). The van der Waals surface area contributed by atoms with Crippen LogP contribution in [0.25, 0.3) is 54.6 Å². The number of para-hydroxylation sites is 2. The second kappa shape index (κ2) is 10.8. The van der Waals surface area contributed by atoms with Crippen LogP contribution in [0.15, 0.2) is 140 Å². The number of fused-ring (bicyclic) bond motifs is 3. The van der Waals surface area contributed by atoms with Gasteiger partial charge in [-0.3, -0.25) is 0 Å². The van der Waals surface area contributed by atoms with E-state index in [-0.39, 0.29) is 0 Å². The first-order valence-corrected chi connectivity index (χ1v) is 14.4. The zero-order valence-electron chi connectivity index (χ0n) is 23.2. The van der Waals surface area contributed by atoms with Crippen molar-refractivity contribution in [2.24, 2.45) is 0 Å². The van der Waals surface area contributed by atoms with E-state index in [4.69, 9.17) is 0 Å². The maximum Gasteiger partial charge on any atom is 0.0620 e. The summed E-state index contributed by atoms with van der Waals surface area (Å²) in [5.74, 6) is 0.